The molecule has 0 fully saturated rings. The first-order valence-electron chi connectivity index (χ1n) is 10.7. The third-order valence-corrected chi connectivity index (χ3v) is 5.45. The molecule has 0 aliphatic heterocycles. The van der Waals surface area contributed by atoms with Crippen LogP contribution in [-0.4, -0.2) is 35.4 Å². The summed E-state index contributed by atoms with van der Waals surface area (Å²) in [5.41, 5.74) is 5.35. The molecular weight excluding hydrogens is 418 g/mol. The summed E-state index contributed by atoms with van der Waals surface area (Å²) in [7, 11) is 1.87. The van der Waals surface area contributed by atoms with Crippen molar-refractivity contribution in [1.82, 2.24) is 29.5 Å². The minimum Gasteiger partial charge on any atom is -0.339 e. The highest BCUT2D eigenvalue weighted by Crippen LogP contribution is 2.25. The zero-order valence-corrected chi connectivity index (χ0v) is 18.6. The molecule has 4 aromatic heterocycles. The van der Waals surface area contributed by atoms with Gasteiger partial charge in [0, 0.05) is 42.7 Å². The van der Waals surface area contributed by atoms with Crippen LogP contribution in [0.4, 0.5) is 5.69 Å². The lowest BCUT2D eigenvalue weighted by Crippen LogP contribution is -2.12. The van der Waals surface area contributed by atoms with Crippen LogP contribution in [0, 0.1) is 6.92 Å². The molecule has 0 bridgehead atoms. The van der Waals surface area contributed by atoms with Crippen molar-refractivity contribution in [3.63, 3.8) is 0 Å². The Morgan fingerprint density at radius 2 is 2.00 bits per heavy atom. The van der Waals surface area contributed by atoms with Crippen LogP contribution in [0.5, 0.6) is 0 Å². The summed E-state index contributed by atoms with van der Waals surface area (Å²) in [6.45, 7) is 4.00. The quantitative estimate of drug-likeness (QED) is 0.421. The number of anilines is 1. The molecule has 0 saturated heterocycles. The van der Waals surface area contributed by atoms with Crippen LogP contribution in [0.3, 0.4) is 0 Å². The number of nitrogens with zero attached hydrogens (tertiary/aromatic N) is 6. The highest BCUT2D eigenvalue weighted by Gasteiger charge is 2.16. The molecule has 1 amide bonds. The number of hydrogen-bond donors (Lipinski definition) is 1. The summed E-state index contributed by atoms with van der Waals surface area (Å²) in [5.74, 6) is 0.873. The molecule has 0 aliphatic carbocycles. The number of hydrogen-bond acceptors (Lipinski definition) is 6. The number of fused-ring (bicyclic) bond motifs is 1. The van der Waals surface area contributed by atoms with Gasteiger partial charge in [0.25, 0.3) is 5.91 Å². The van der Waals surface area contributed by atoms with Gasteiger partial charge in [-0.15, -0.1) is 0 Å². The second-order valence-electron chi connectivity index (χ2n) is 7.93. The molecule has 0 atom stereocenters. The van der Waals surface area contributed by atoms with E-state index >= 15 is 0 Å². The predicted octanol–water partition coefficient (Wildman–Crippen LogP) is 4.30. The molecule has 5 rings (SSSR count). The van der Waals surface area contributed by atoms with E-state index in [1.54, 1.807) is 15.4 Å². The number of nitrogens with one attached hydrogen (secondary N) is 1. The van der Waals surface area contributed by atoms with E-state index < -0.39 is 0 Å². The summed E-state index contributed by atoms with van der Waals surface area (Å²) >= 11 is 0. The van der Waals surface area contributed by atoms with Crippen molar-refractivity contribution in [3.05, 3.63) is 72.0 Å². The Kier molecular flexibility index (Phi) is 5.21. The molecule has 1 N–H and O–H groups in total. The monoisotopic (exact) mass is 441 g/mol. The van der Waals surface area contributed by atoms with Crippen LogP contribution in [0.2, 0.25) is 0 Å². The highest BCUT2D eigenvalue weighted by atomic mass is 16.5. The standard InChI is InChI=1S/C24H23N7O2/c1-4-5-22-27-23(29-33-22)16-7-6-15(2)20(12-16)26-24(32)18-13-25-31-14-17(8-9-21(18)31)19-10-11-30(3)28-19/h6-14H,4-5H2,1-3H3,(H,26,32). The normalized spacial score (nSPS) is 11.2. The van der Waals surface area contributed by atoms with Crippen molar-refractivity contribution >= 4 is 17.1 Å². The molecular formula is C24H23N7O2. The zero-order valence-electron chi connectivity index (χ0n) is 18.6. The van der Waals surface area contributed by atoms with Gasteiger partial charge in [0.15, 0.2) is 0 Å². The van der Waals surface area contributed by atoms with E-state index in [0.29, 0.717) is 28.5 Å². The van der Waals surface area contributed by atoms with Crippen LogP contribution in [0.25, 0.3) is 28.2 Å². The van der Waals surface area contributed by atoms with E-state index in [9.17, 15) is 4.79 Å². The lowest BCUT2D eigenvalue weighted by atomic mass is 10.1. The van der Waals surface area contributed by atoms with Gasteiger partial charge in [0.1, 0.15) is 0 Å². The second kappa shape index (κ2) is 8.34. The van der Waals surface area contributed by atoms with Gasteiger partial charge in [-0.2, -0.15) is 15.2 Å². The van der Waals surface area contributed by atoms with Crippen LogP contribution in [0.1, 0.15) is 35.2 Å². The van der Waals surface area contributed by atoms with Gasteiger partial charge >= 0.3 is 0 Å². The highest BCUT2D eigenvalue weighted by molar-refractivity contribution is 6.09. The summed E-state index contributed by atoms with van der Waals surface area (Å²) in [6.07, 6.45) is 6.99. The third kappa shape index (κ3) is 4.00. The number of carbonyl (C=O) groups excluding carboxylic acids is 1. The zero-order chi connectivity index (χ0) is 22.9. The van der Waals surface area contributed by atoms with E-state index in [-0.39, 0.29) is 5.91 Å². The van der Waals surface area contributed by atoms with Gasteiger partial charge in [-0.3, -0.25) is 9.48 Å². The van der Waals surface area contributed by atoms with Crippen LogP contribution in [-0.2, 0) is 13.5 Å². The first-order chi connectivity index (χ1) is 16.0. The number of pyridine rings is 1. The van der Waals surface area contributed by atoms with Crippen molar-refractivity contribution in [2.75, 3.05) is 5.32 Å². The van der Waals surface area contributed by atoms with Gasteiger partial charge in [-0.1, -0.05) is 24.2 Å². The Morgan fingerprint density at radius 1 is 1.15 bits per heavy atom. The van der Waals surface area contributed by atoms with Crippen molar-refractivity contribution in [3.8, 4) is 22.6 Å². The fourth-order valence-corrected chi connectivity index (χ4v) is 3.65. The molecule has 166 valence electrons. The number of benzene rings is 1. The molecule has 0 radical (unpaired) electrons. The Hall–Kier alpha value is -4.27. The largest absolute Gasteiger partial charge is 0.339 e. The fourth-order valence-electron chi connectivity index (χ4n) is 3.65. The lowest BCUT2D eigenvalue weighted by Gasteiger charge is -2.09. The lowest BCUT2D eigenvalue weighted by molar-refractivity contribution is 0.102. The van der Waals surface area contributed by atoms with Gasteiger partial charge in [0.05, 0.1) is 23.0 Å². The maximum absolute atomic E-state index is 13.1. The SMILES string of the molecule is CCCc1nc(-c2ccc(C)c(NC(=O)c3cnn4cc(-c5ccn(C)n5)ccc34)c2)no1. The van der Waals surface area contributed by atoms with Crippen molar-refractivity contribution in [2.45, 2.75) is 26.7 Å². The van der Waals surface area contributed by atoms with Gasteiger partial charge < -0.3 is 9.84 Å². The molecule has 33 heavy (non-hydrogen) atoms. The van der Waals surface area contributed by atoms with Gasteiger partial charge in [-0.25, -0.2) is 4.52 Å². The van der Waals surface area contributed by atoms with E-state index in [2.05, 4.69) is 32.6 Å². The fraction of sp³-hybridized carbons (Fsp3) is 0.208. The number of rotatable bonds is 6. The average Bonchev–Trinajstić information content (AvgIpc) is 3.54. The average molecular weight is 441 g/mol. The molecule has 5 aromatic rings. The number of aromatic nitrogens is 6. The van der Waals surface area contributed by atoms with E-state index in [1.807, 2.05) is 62.8 Å². The molecule has 0 spiro atoms. The van der Waals surface area contributed by atoms with E-state index in [4.69, 9.17) is 4.52 Å². The van der Waals surface area contributed by atoms with Crippen molar-refractivity contribution in [2.24, 2.45) is 7.05 Å². The van der Waals surface area contributed by atoms with Crippen molar-refractivity contribution in [1.29, 1.82) is 0 Å². The Bertz CT molecular complexity index is 1460. The Morgan fingerprint density at radius 3 is 2.79 bits per heavy atom. The Balaban J connectivity index is 1.41. The molecule has 0 saturated carbocycles. The van der Waals surface area contributed by atoms with Crippen LogP contribution >= 0.6 is 0 Å². The summed E-state index contributed by atoms with van der Waals surface area (Å²) in [6, 6.07) is 11.5. The summed E-state index contributed by atoms with van der Waals surface area (Å²) in [5, 5.41) is 15.9. The molecule has 9 heteroatoms. The number of aryl methyl sites for hydroxylation is 3. The molecule has 9 nitrogen and oxygen atoms in total. The molecule has 1 aromatic carbocycles. The topological polar surface area (TPSA) is 103 Å². The first-order valence-corrected chi connectivity index (χ1v) is 10.7. The minimum absolute atomic E-state index is 0.240. The van der Waals surface area contributed by atoms with Gasteiger partial charge in [0.2, 0.25) is 11.7 Å². The molecule has 0 unspecified atom stereocenters. The van der Waals surface area contributed by atoms with E-state index in [0.717, 1.165) is 35.2 Å². The maximum atomic E-state index is 13.1. The second-order valence-corrected chi connectivity index (χ2v) is 7.93. The molecule has 4 heterocycles. The van der Waals surface area contributed by atoms with Crippen LogP contribution < -0.4 is 5.32 Å². The van der Waals surface area contributed by atoms with Gasteiger partial charge in [-0.05, 0) is 43.2 Å². The molecule has 0 aliphatic rings. The van der Waals surface area contributed by atoms with E-state index in [1.165, 1.54) is 0 Å². The smallest absolute Gasteiger partial charge is 0.259 e. The summed E-state index contributed by atoms with van der Waals surface area (Å²) in [4.78, 5) is 17.5. The maximum Gasteiger partial charge on any atom is 0.259 e. The Labute approximate surface area is 190 Å². The summed E-state index contributed by atoms with van der Waals surface area (Å²) < 4.78 is 8.73. The first kappa shape index (κ1) is 20.6. The third-order valence-electron chi connectivity index (χ3n) is 5.45. The number of amides is 1. The minimum atomic E-state index is -0.240. The predicted molar refractivity (Wildman–Crippen MR) is 124 cm³/mol. The van der Waals surface area contributed by atoms with Crippen molar-refractivity contribution < 1.29 is 9.32 Å². The number of carbonyl (C=O) groups is 1. The van der Waals surface area contributed by atoms with Crippen LogP contribution in [0.15, 0.2) is 59.5 Å².